The Hall–Kier alpha value is -2.37. The van der Waals surface area contributed by atoms with Gasteiger partial charge in [0.05, 0.1) is 11.7 Å². The first-order chi connectivity index (χ1) is 9.75. The summed E-state index contributed by atoms with van der Waals surface area (Å²) >= 11 is 0. The van der Waals surface area contributed by atoms with Crippen molar-refractivity contribution in [2.24, 2.45) is 0 Å². The van der Waals surface area contributed by atoms with E-state index in [0.717, 1.165) is 25.1 Å². The smallest absolute Gasteiger partial charge is 0.273 e. The van der Waals surface area contributed by atoms with Crippen LogP contribution in [-0.2, 0) is 0 Å². The molecule has 6 nitrogen and oxygen atoms in total. The van der Waals surface area contributed by atoms with Gasteiger partial charge in [-0.25, -0.2) is 19.9 Å². The average molecular weight is 269 g/mol. The van der Waals surface area contributed by atoms with Crippen LogP contribution in [0.2, 0.25) is 0 Å². The first-order valence-corrected chi connectivity index (χ1v) is 6.62. The number of aromatic nitrogens is 4. The highest BCUT2D eigenvalue weighted by Gasteiger charge is 2.32. The fraction of sp³-hybridized carbons (Fsp3) is 0.357. The molecule has 0 aromatic carbocycles. The van der Waals surface area contributed by atoms with Gasteiger partial charge in [-0.2, -0.15) is 0 Å². The topological polar surface area (TPSA) is 71.9 Å². The van der Waals surface area contributed by atoms with E-state index in [1.54, 1.807) is 25.4 Å². The van der Waals surface area contributed by atoms with Gasteiger partial charge in [0.15, 0.2) is 0 Å². The maximum atomic E-state index is 12.6. The normalized spacial score (nSPS) is 18.2. The molecule has 0 N–H and O–H groups in total. The Kier molecular flexibility index (Phi) is 3.37. The number of likely N-dealkylation sites (tertiary alicyclic amines) is 1. The lowest BCUT2D eigenvalue weighted by molar-refractivity contribution is 0.0726. The second-order valence-electron chi connectivity index (χ2n) is 4.78. The molecule has 1 amide bonds. The summed E-state index contributed by atoms with van der Waals surface area (Å²) in [6.45, 7) is 2.51. The Labute approximate surface area is 116 Å². The summed E-state index contributed by atoms with van der Waals surface area (Å²) in [5.74, 6) is 0.547. The summed E-state index contributed by atoms with van der Waals surface area (Å²) in [4.78, 5) is 30.8. The third-order valence-corrected chi connectivity index (χ3v) is 3.46. The predicted octanol–water partition coefficient (Wildman–Crippen LogP) is 1.55. The molecular formula is C14H15N5O. The lowest BCUT2D eigenvalue weighted by atomic mass is 10.1. The van der Waals surface area contributed by atoms with Crippen molar-refractivity contribution >= 4 is 5.91 Å². The number of amides is 1. The zero-order valence-electron chi connectivity index (χ0n) is 11.2. The second-order valence-corrected chi connectivity index (χ2v) is 4.78. The lowest BCUT2D eigenvalue weighted by Gasteiger charge is -2.23. The molecule has 3 rings (SSSR count). The summed E-state index contributed by atoms with van der Waals surface area (Å²) < 4.78 is 0. The number of hydrogen-bond acceptors (Lipinski definition) is 5. The molecule has 0 saturated carbocycles. The summed E-state index contributed by atoms with van der Waals surface area (Å²) in [6.07, 6.45) is 6.74. The Bertz CT molecular complexity index is 616. The van der Waals surface area contributed by atoms with Gasteiger partial charge in [-0.1, -0.05) is 0 Å². The van der Waals surface area contributed by atoms with Crippen molar-refractivity contribution in [2.45, 2.75) is 25.8 Å². The summed E-state index contributed by atoms with van der Waals surface area (Å²) in [5.41, 5.74) is 1.33. The van der Waals surface area contributed by atoms with Crippen LogP contribution in [0.15, 0.2) is 30.9 Å². The van der Waals surface area contributed by atoms with Crippen LogP contribution in [0.1, 0.15) is 40.9 Å². The molecule has 0 bridgehead atoms. The maximum Gasteiger partial charge on any atom is 0.273 e. The summed E-state index contributed by atoms with van der Waals surface area (Å²) in [6, 6.07) is 3.53. The van der Waals surface area contributed by atoms with E-state index in [4.69, 9.17) is 0 Å². The van der Waals surface area contributed by atoms with E-state index >= 15 is 0 Å². The van der Waals surface area contributed by atoms with E-state index in [-0.39, 0.29) is 11.9 Å². The largest absolute Gasteiger partial charge is 0.329 e. The highest BCUT2D eigenvalue weighted by Crippen LogP contribution is 2.31. The molecule has 0 spiro atoms. The van der Waals surface area contributed by atoms with Gasteiger partial charge in [0.1, 0.15) is 17.8 Å². The van der Waals surface area contributed by atoms with Gasteiger partial charge in [-0.3, -0.25) is 4.79 Å². The number of carbonyl (C=O) groups excluding carboxylic acids is 1. The zero-order chi connectivity index (χ0) is 13.9. The van der Waals surface area contributed by atoms with E-state index in [0.29, 0.717) is 11.5 Å². The van der Waals surface area contributed by atoms with E-state index in [2.05, 4.69) is 19.9 Å². The van der Waals surface area contributed by atoms with Crippen LogP contribution in [0.4, 0.5) is 0 Å². The molecule has 1 fully saturated rings. The van der Waals surface area contributed by atoms with Gasteiger partial charge in [0.2, 0.25) is 0 Å². The fourth-order valence-corrected chi connectivity index (χ4v) is 2.54. The minimum atomic E-state index is -0.0587. The fourth-order valence-electron chi connectivity index (χ4n) is 2.54. The molecule has 0 aliphatic carbocycles. The standard InChI is InChI=1S/C14H15N5O/c1-10-16-7-5-12(18-10)14(20)19-8-2-3-13(19)11-4-6-15-9-17-11/h4-7,9,13H,2-3,8H2,1H3. The van der Waals surface area contributed by atoms with E-state index in [1.165, 1.54) is 6.33 Å². The average Bonchev–Trinajstić information content (AvgIpc) is 2.97. The van der Waals surface area contributed by atoms with Crippen molar-refractivity contribution < 1.29 is 4.79 Å². The molecule has 20 heavy (non-hydrogen) atoms. The third-order valence-electron chi connectivity index (χ3n) is 3.46. The second kappa shape index (κ2) is 5.32. The van der Waals surface area contributed by atoms with Crippen molar-refractivity contribution in [3.63, 3.8) is 0 Å². The third kappa shape index (κ3) is 2.36. The van der Waals surface area contributed by atoms with Gasteiger partial charge >= 0.3 is 0 Å². The maximum absolute atomic E-state index is 12.6. The van der Waals surface area contributed by atoms with Crippen LogP contribution in [0.5, 0.6) is 0 Å². The van der Waals surface area contributed by atoms with Crippen molar-refractivity contribution in [3.05, 3.63) is 48.1 Å². The summed E-state index contributed by atoms with van der Waals surface area (Å²) in [5, 5.41) is 0. The van der Waals surface area contributed by atoms with Gasteiger partial charge in [0.25, 0.3) is 5.91 Å². The SMILES string of the molecule is Cc1nccc(C(=O)N2CCCC2c2ccncn2)n1. The van der Waals surface area contributed by atoms with Gasteiger partial charge in [-0.05, 0) is 31.9 Å². The molecule has 1 saturated heterocycles. The molecular weight excluding hydrogens is 254 g/mol. The number of rotatable bonds is 2. The molecule has 0 radical (unpaired) electrons. The van der Waals surface area contributed by atoms with Gasteiger partial charge in [-0.15, -0.1) is 0 Å². The molecule has 2 aromatic heterocycles. The Balaban J connectivity index is 1.87. The minimum absolute atomic E-state index is 0.0146. The van der Waals surface area contributed by atoms with E-state index < -0.39 is 0 Å². The molecule has 6 heteroatoms. The minimum Gasteiger partial charge on any atom is -0.329 e. The predicted molar refractivity (Wildman–Crippen MR) is 71.8 cm³/mol. The highest BCUT2D eigenvalue weighted by atomic mass is 16.2. The van der Waals surface area contributed by atoms with Crippen LogP contribution in [0.25, 0.3) is 0 Å². The Morgan fingerprint density at radius 3 is 2.95 bits per heavy atom. The van der Waals surface area contributed by atoms with Crippen LogP contribution in [0.3, 0.4) is 0 Å². The van der Waals surface area contributed by atoms with Crippen LogP contribution < -0.4 is 0 Å². The van der Waals surface area contributed by atoms with Gasteiger partial charge < -0.3 is 4.90 Å². The molecule has 1 unspecified atom stereocenters. The zero-order valence-corrected chi connectivity index (χ0v) is 11.2. The number of hydrogen-bond donors (Lipinski definition) is 0. The molecule has 1 aliphatic rings. The number of aryl methyl sites for hydroxylation is 1. The number of carbonyl (C=O) groups is 1. The van der Waals surface area contributed by atoms with Crippen LogP contribution in [-0.4, -0.2) is 37.3 Å². The molecule has 1 atom stereocenters. The van der Waals surface area contributed by atoms with Crippen molar-refractivity contribution in [1.82, 2.24) is 24.8 Å². The molecule has 102 valence electrons. The first kappa shape index (κ1) is 12.7. The van der Waals surface area contributed by atoms with Crippen LogP contribution in [0, 0.1) is 6.92 Å². The molecule has 2 aromatic rings. The monoisotopic (exact) mass is 269 g/mol. The van der Waals surface area contributed by atoms with Gasteiger partial charge in [0, 0.05) is 18.9 Å². The Morgan fingerprint density at radius 1 is 1.30 bits per heavy atom. The van der Waals surface area contributed by atoms with Crippen molar-refractivity contribution in [2.75, 3.05) is 6.54 Å². The van der Waals surface area contributed by atoms with Crippen LogP contribution >= 0.6 is 0 Å². The van der Waals surface area contributed by atoms with E-state index in [1.807, 2.05) is 11.0 Å². The Morgan fingerprint density at radius 2 is 2.20 bits per heavy atom. The highest BCUT2D eigenvalue weighted by molar-refractivity contribution is 5.92. The first-order valence-electron chi connectivity index (χ1n) is 6.62. The quantitative estimate of drug-likeness (QED) is 0.827. The lowest BCUT2D eigenvalue weighted by Crippen LogP contribution is -2.31. The summed E-state index contributed by atoms with van der Waals surface area (Å²) in [7, 11) is 0. The van der Waals surface area contributed by atoms with E-state index in [9.17, 15) is 4.79 Å². The molecule has 1 aliphatic heterocycles. The number of nitrogens with zero attached hydrogens (tertiary/aromatic N) is 5. The van der Waals surface area contributed by atoms with Crippen molar-refractivity contribution in [1.29, 1.82) is 0 Å². The molecule has 3 heterocycles. The van der Waals surface area contributed by atoms with Crippen molar-refractivity contribution in [3.8, 4) is 0 Å².